The number of nitrogens with two attached hydrogens (primary N) is 1. The standard InChI is InChI=1S/C19H39NOS/c1-18(19(20)17-21)15-13-11-9-7-5-3-2-4-6-8-10-12-14-16-22/h13,15,18-19,21-22H,2-12,14,16-17,20H2,1H3/b15-13+/t18-,19+/m1/s1. The van der Waals surface area contributed by atoms with Gasteiger partial charge >= 0.3 is 0 Å². The molecule has 132 valence electrons. The molecule has 3 heteroatoms. The Morgan fingerprint density at radius 1 is 0.864 bits per heavy atom. The maximum atomic E-state index is 8.96. The Morgan fingerprint density at radius 3 is 1.77 bits per heavy atom. The van der Waals surface area contributed by atoms with E-state index in [1.54, 1.807) is 0 Å². The molecule has 0 aromatic heterocycles. The minimum absolute atomic E-state index is 0.0701. The predicted molar refractivity (Wildman–Crippen MR) is 103 cm³/mol. The second-order valence-corrected chi connectivity index (χ2v) is 6.98. The minimum atomic E-state index is -0.117. The predicted octanol–water partition coefficient (Wildman–Crippen LogP) is 5.11. The molecule has 3 N–H and O–H groups in total. The van der Waals surface area contributed by atoms with Gasteiger partial charge in [0.1, 0.15) is 0 Å². The number of hydrogen-bond acceptors (Lipinski definition) is 3. The van der Waals surface area contributed by atoms with Gasteiger partial charge in [-0.2, -0.15) is 12.6 Å². The molecule has 0 bridgehead atoms. The largest absolute Gasteiger partial charge is 0.395 e. The van der Waals surface area contributed by atoms with Crippen LogP contribution in [0.5, 0.6) is 0 Å². The van der Waals surface area contributed by atoms with Crippen molar-refractivity contribution in [2.75, 3.05) is 12.4 Å². The summed E-state index contributed by atoms with van der Waals surface area (Å²) in [6.45, 7) is 2.14. The molecule has 2 nitrogen and oxygen atoms in total. The molecule has 0 spiro atoms. The normalized spacial score (nSPS) is 14.5. The van der Waals surface area contributed by atoms with Crippen LogP contribution in [0.2, 0.25) is 0 Å². The first-order valence-electron chi connectivity index (χ1n) is 9.36. The maximum Gasteiger partial charge on any atom is 0.0588 e. The van der Waals surface area contributed by atoms with Gasteiger partial charge in [-0.3, -0.25) is 0 Å². The zero-order valence-corrected chi connectivity index (χ0v) is 15.6. The van der Waals surface area contributed by atoms with Crippen LogP contribution in [-0.2, 0) is 0 Å². The van der Waals surface area contributed by atoms with Gasteiger partial charge in [0.05, 0.1) is 6.61 Å². The number of unbranched alkanes of at least 4 members (excludes halogenated alkanes) is 11. The SMILES string of the molecule is C[C@H](/C=C/CCCCCCCCCCCCCS)[C@@H](N)CO. The van der Waals surface area contributed by atoms with E-state index in [0.717, 1.165) is 12.2 Å². The molecule has 0 unspecified atom stereocenters. The van der Waals surface area contributed by atoms with E-state index in [-0.39, 0.29) is 18.6 Å². The highest BCUT2D eigenvalue weighted by atomic mass is 32.1. The molecule has 0 saturated heterocycles. The van der Waals surface area contributed by atoms with Crippen molar-refractivity contribution in [2.24, 2.45) is 11.7 Å². The van der Waals surface area contributed by atoms with Gasteiger partial charge in [0.25, 0.3) is 0 Å². The van der Waals surface area contributed by atoms with Crippen LogP contribution in [0.4, 0.5) is 0 Å². The van der Waals surface area contributed by atoms with Gasteiger partial charge in [-0.05, 0) is 30.9 Å². The monoisotopic (exact) mass is 329 g/mol. The van der Waals surface area contributed by atoms with Gasteiger partial charge in [-0.25, -0.2) is 0 Å². The Kier molecular flexibility index (Phi) is 17.4. The number of rotatable bonds is 16. The fourth-order valence-electron chi connectivity index (χ4n) is 2.58. The fraction of sp³-hybridized carbons (Fsp3) is 0.895. The second-order valence-electron chi connectivity index (χ2n) is 6.54. The third kappa shape index (κ3) is 14.9. The first-order chi connectivity index (χ1) is 10.7. The van der Waals surface area contributed by atoms with Crippen molar-refractivity contribution in [3.05, 3.63) is 12.2 Å². The second kappa shape index (κ2) is 17.4. The van der Waals surface area contributed by atoms with Crippen molar-refractivity contribution in [3.63, 3.8) is 0 Å². The molecule has 0 fully saturated rings. The highest BCUT2D eigenvalue weighted by Gasteiger charge is 2.06. The van der Waals surface area contributed by atoms with Crippen molar-refractivity contribution in [1.29, 1.82) is 0 Å². The van der Waals surface area contributed by atoms with Crippen molar-refractivity contribution < 1.29 is 5.11 Å². The van der Waals surface area contributed by atoms with Gasteiger partial charge in [-0.1, -0.05) is 76.9 Å². The number of hydrogen-bond donors (Lipinski definition) is 3. The lowest BCUT2D eigenvalue weighted by Crippen LogP contribution is -2.30. The quantitative estimate of drug-likeness (QED) is 0.209. The molecular formula is C19H39NOS. The molecule has 0 heterocycles. The fourth-order valence-corrected chi connectivity index (χ4v) is 2.81. The van der Waals surface area contributed by atoms with E-state index in [4.69, 9.17) is 10.8 Å². The van der Waals surface area contributed by atoms with Gasteiger partial charge in [0.15, 0.2) is 0 Å². The van der Waals surface area contributed by atoms with E-state index in [2.05, 4.69) is 31.7 Å². The molecule has 22 heavy (non-hydrogen) atoms. The summed E-state index contributed by atoms with van der Waals surface area (Å²) in [7, 11) is 0. The average Bonchev–Trinajstić information content (AvgIpc) is 2.54. The van der Waals surface area contributed by atoms with Crippen LogP contribution in [0.1, 0.15) is 84.0 Å². The lowest BCUT2D eigenvalue weighted by Gasteiger charge is -2.12. The molecule has 0 aliphatic carbocycles. The van der Waals surface area contributed by atoms with E-state index in [1.807, 2.05) is 0 Å². The van der Waals surface area contributed by atoms with Crippen LogP contribution >= 0.6 is 12.6 Å². The van der Waals surface area contributed by atoms with Crippen LogP contribution in [0.15, 0.2) is 12.2 Å². The number of thiol groups is 1. The van der Waals surface area contributed by atoms with Crippen LogP contribution in [-0.4, -0.2) is 23.5 Å². The Morgan fingerprint density at radius 2 is 1.32 bits per heavy atom. The molecule has 0 aliphatic heterocycles. The topological polar surface area (TPSA) is 46.2 Å². The number of aliphatic hydroxyl groups is 1. The average molecular weight is 330 g/mol. The summed E-state index contributed by atoms with van der Waals surface area (Å²) in [6.07, 6.45) is 20.6. The lowest BCUT2D eigenvalue weighted by atomic mass is 10.0. The maximum absolute atomic E-state index is 8.96. The molecule has 0 aromatic rings. The summed E-state index contributed by atoms with van der Waals surface area (Å²) in [5.41, 5.74) is 5.77. The summed E-state index contributed by atoms with van der Waals surface area (Å²) in [6, 6.07) is -0.117. The molecule has 0 rings (SSSR count). The van der Waals surface area contributed by atoms with Crippen molar-refractivity contribution in [3.8, 4) is 0 Å². The third-order valence-corrected chi connectivity index (χ3v) is 4.67. The van der Waals surface area contributed by atoms with Gasteiger partial charge in [-0.15, -0.1) is 0 Å². The first kappa shape index (κ1) is 22.0. The van der Waals surface area contributed by atoms with Crippen LogP contribution in [0.3, 0.4) is 0 Å². The molecule has 0 aromatic carbocycles. The van der Waals surface area contributed by atoms with Crippen molar-refractivity contribution in [1.82, 2.24) is 0 Å². The number of allylic oxidation sites excluding steroid dienone is 1. The Bertz CT molecular complexity index is 246. The first-order valence-corrected chi connectivity index (χ1v) is 9.99. The van der Waals surface area contributed by atoms with Crippen molar-refractivity contribution >= 4 is 12.6 Å². The van der Waals surface area contributed by atoms with Crippen LogP contribution in [0.25, 0.3) is 0 Å². The molecular weight excluding hydrogens is 290 g/mol. The van der Waals surface area contributed by atoms with E-state index in [1.165, 1.54) is 70.6 Å². The zero-order valence-electron chi connectivity index (χ0n) is 14.7. The van der Waals surface area contributed by atoms with E-state index in [9.17, 15) is 0 Å². The van der Waals surface area contributed by atoms with Crippen LogP contribution < -0.4 is 5.73 Å². The summed E-state index contributed by atoms with van der Waals surface area (Å²) >= 11 is 4.24. The van der Waals surface area contributed by atoms with E-state index < -0.39 is 0 Å². The molecule has 0 saturated carbocycles. The Labute approximate surface area is 144 Å². The van der Waals surface area contributed by atoms with Gasteiger partial charge in [0.2, 0.25) is 0 Å². The molecule has 0 aliphatic rings. The summed E-state index contributed by atoms with van der Waals surface area (Å²) in [5.74, 6) is 1.32. The lowest BCUT2D eigenvalue weighted by molar-refractivity contribution is 0.246. The van der Waals surface area contributed by atoms with Crippen LogP contribution in [0, 0.1) is 5.92 Å². The summed E-state index contributed by atoms with van der Waals surface area (Å²) in [4.78, 5) is 0. The summed E-state index contributed by atoms with van der Waals surface area (Å²) < 4.78 is 0. The highest BCUT2D eigenvalue weighted by Crippen LogP contribution is 2.12. The van der Waals surface area contributed by atoms with Crippen molar-refractivity contribution in [2.45, 2.75) is 90.0 Å². The number of aliphatic hydroxyl groups excluding tert-OH is 1. The summed E-state index contributed by atoms with van der Waals surface area (Å²) in [5, 5.41) is 8.96. The Balaban J connectivity index is 3.19. The van der Waals surface area contributed by atoms with Gasteiger partial charge in [0, 0.05) is 6.04 Å². The Hall–Kier alpha value is 0.01000. The third-order valence-electron chi connectivity index (χ3n) is 4.35. The molecule has 0 amide bonds. The zero-order chi connectivity index (χ0) is 16.5. The minimum Gasteiger partial charge on any atom is -0.395 e. The smallest absolute Gasteiger partial charge is 0.0588 e. The van der Waals surface area contributed by atoms with E-state index >= 15 is 0 Å². The van der Waals surface area contributed by atoms with E-state index in [0.29, 0.717) is 0 Å². The highest BCUT2D eigenvalue weighted by molar-refractivity contribution is 7.80. The molecule has 2 atom stereocenters. The molecule has 0 radical (unpaired) electrons. The van der Waals surface area contributed by atoms with Gasteiger partial charge < -0.3 is 10.8 Å².